The lowest BCUT2D eigenvalue weighted by Crippen LogP contribution is -2.58. The van der Waals surface area contributed by atoms with Crippen molar-refractivity contribution in [3.05, 3.63) is 48.3 Å². The SMILES string of the molecule is CC(C)(C)N(C(=O)O)[C@H]1CCCC[C@H]1Nc1ncc(C(N)=O)c(Nc2ccc(-c3ccno3)cc2)n1. The molecule has 2 heterocycles. The van der Waals surface area contributed by atoms with Gasteiger partial charge >= 0.3 is 6.09 Å². The molecule has 11 heteroatoms. The zero-order chi connectivity index (χ0) is 25.9. The largest absolute Gasteiger partial charge is 0.465 e. The lowest BCUT2D eigenvalue weighted by molar-refractivity contribution is 0.0519. The minimum atomic E-state index is -0.956. The number of primary amides is 1. The van der Waals surface area contributed by atoms with E-state index in [1.807, 2.05) is 45.0 Å². The third-order valence-electron chi connectivity index (χ3n) is 6.23. The maximum Gasteiger partial charge on any atom is 0.408 e. The minimum Gasteiger partial charge on any atom is -0.465 e. The Morgan fingerprint density at radius 3 is 2.47 bits per heavy atom. The molecule has 5 N–H and O–H groups in total. The zero-order valence-electron chi connectivity index (χ0n) is 20.6. The second kappa shape index (κ2) is 10.2. The van der Waals surface area contributed by atoms with Crippen LogP contribution in [-0.4, -0.2) is 54.8 Å². The third-order valence-corrected chi connectivity index (χ3v) is 6.23. The molecule has 4 rings (SSSR count). The van der Waals surface area contributed by atoms with E-state index in [2.05, 4.69) is 25.8 Å². The number of hydrogen-bond acceptors (Lipinski definition) is 8. The second-order valence-electron chi connectivity index (χ2n) is 9.83. The molecule has 0 radical (unpaired) electrons. The van der Waals surface area contributed by atoms with Crippen LogP contribution in [0.1, 0.15) is 56.8 Å². The summed E-state index contributed by atoms with van der Waals surface area (Å²) in [6.45, 7) is 5.67. The van der Waals surface area contributed by atoms with Crippen LogP contribution in [0.4, 0.5) is 22.2 Å². The fourth-order valence-corrected chi connectivity index (χ4v) is 4.63. The Morgan fingerprint density at radius 2 is 1.86 bits per heavy atom. The number of nitrogens with two attached hydrogens (primary N) is 1. The first-order valence-corrected chi connectivity index (χ1v) is 11.9. The number of nitrogens with one attached hydrogen (secondary N) is 2. The van der Waals surface area contributed by atoms with Crippen LogP contribution in [0.2, 0.25) is 0 Å². The number of aromatic nitrogens is 3. The summed E-state index contributed by atoms with van der Waals surface area (Å²) in [7, 11) is 0. The molecule has 1 aliphatic rings. The number of nitrogens with zero attached hydrogens (tertiary/aromatic N) is 4. The van der Waals surface area contributed by atoms with Gasteiger partial charge in [0, 0.05) is 35.1 Å². The van der Waals surface area contributed by atoms with Crippen LogP contribution < -0.4 is 16.4 Å². The summed E-state index contributed by atoms with van der Waals surface area (Å²) < 4.78 is 5.18. The molecule has 2 amide bonds. The minimum absolute atomic E-state index is 0.141. The van der Waals surface area contributed by atoms with Crippen molar-refractivity contribution < 1.29 is 19.2 Å². The topological polar surface area (TPSA) is 160 Å². The molecule has 2 aromatic heterocycles. The number of anilines is 3. The van der Waals surface area contributed by atoms with Crippen molar-refractivity contribution in [1.82, 2.24) is 20.0 Å². The number of rotatable bonds is 7. The van der Waals surface area contributed by atoms with Gasteiger partial charge in [-0.2, -0.15) is 4.98 Å². The summed E-state index contributed by atoms with van der Waals surface area (Å²) in [4.78, 5) is 34.5. The highest BCUT2D eigenvalue weighted by Crippen LogP contribution is 2.31. The van der Waals surface area contributed by atoms with Crippen LogP contribution in [0.5, 0.6) is 0 Å². The van der Waals surface area contributed by atoms with Gasteiger partial charge < -0.3 is 26.0 Å². The summed E-state index contributed by atoms with van der Waals surface area (Å²) in [5.74, 6) is 0.519. The van der Waals surface area contributed by atoms with E-state index in [-0.39, 0.29) is 29.4 Å². The molecular weight excluding hydrogens is 462 g/mol. The van der Waals surface area contributed by atoms with Gasteiger partial charge in [-0.3, -0.25) is 9.69 Å². The Morgan fingerprint density at radius 1 is 1.14 bits per heavy atom. The van der Waals surface area contributed by atoms with E-state index in [1.165, 1.54) is 11.1 Å². The first kappa shape index (κ1) is 25.0. The first-order chi connectivity index (χ1) is 17.1. The monoisotopic (exact) mass is 493 g/mol. The predicted octanol–water partition coefficient (Wildman–Crippen LogP) is 4.48. The van der Waals surface area contributed by atoms with E-state index in [1.54, 1.807) is 12.3 Å². The average molecular weight is 494 g/mol. The Bertz CT molecular complexity index is 1210. The zero-order valence-corrected chi connectivity index (χ0v) is 20.6. The molecule has 3 aromatic rings. The molecule has 1 saturated carbocycles. The van der Waals surface area contributed by atoms with Gasteiger partial charge in [0.2, 0.25) is 5.95 Å². The number of benzene rings is 1. The Kier molecular flexibility index (Phi) is 7.09. The molecular formula is C25H31N7O4. The van der Waals surface area contributed by atoms with Gasteiger partial charge in [-0.1, -0.05) is 18.0 Å². The second-order valence-corrected chi connectivity index (χ2v) is 9.83. The highest BCUT2D eigenvalue weighted by atomic mass is 16.5. The lowest BCUT2D eigenvalue weighted by atomic mass is 9.87. The molecule has 0 bridgehead atoms. The Balaban J connectivity index is 1.58. The van der Waals surface area contributed by atoms with E-state index in [9.17, 15) is 14.7 Å². The van der Waals surface area contributed by atoms with Gasteiger partial charge in [0.05, 0.1) is 12.2 Å². The van der Waals surface area contributed by atoms with Crippen LogP contribution in [0.3, 0.4) is 0 Å². The van der Waals surface area contributed by atoms with Crippen LogP contribution in [0.15, 0.2) is 47.2 Å². The van der Waals surface area contributed by atoms with Crippen molar-refractivity contribution in [3.8, 4) is 11.3 Å². The quantitative estimate of drug-likeness (QED) is 0.372. The predicted molar refractivity (Wildman–Crippen MR) is 135 cm³/mol. The smallest absolute Gasteiger partial charge is 0.408 e. The molecule has 1 aromatic carbocycles. The van der Waals surface area contributed by atoms with Gasteiger partial charge in [-0.05, 0) is 57.9 Å². The fraction of sp³-hybridized carbons (Fsp3) is 0.400. The summed E-state index contributed by atoms with van der Waals surface area (Å²) in [6.07, 6.45) is 5.42. The molecule has 0 unspecified atom stereocenters. The van der Waals surface area contributed by atoms with Gasteiger partial charge in [-0.15, -0.1) is 0 Å². The number of carboxylic acid groups (broad SMARTS) is 1. The number of carbonyl (C=O) groups is 2. The molecule has 1 fully saturated rings. The lowest BCUT2D eigenvalue weighted by Gasteiger charge is -2.45. The molecule has 0 saturated heterocycles. The summed E-state index contributed by atoms with van der Waals surface area (Å²) in [5, 5.41) is 20.1. The third kappa shape index (κ3) is 5.56. The van der Waals surface area contributed by atoms with E-state index in [0.717, 1.165) is 31.2 Å². The maximum atomic E-state index is 12.1. The van der Waals surface area contributed by atoms with E-state index in [4.69, 9.17) is 10.3 Å². The molecule has 190 valence electrons. The van der Waals surface area contributed by atoms with E-state index < -0.39 is 17.5 Å². The number of amides is 2. The molecule has 36 heavy (non-hydrogen) atoms. The van der Waals surface area contributed by atoms with Gasteiger partial charge in [0.15, 0.2) is 5.76 Å². The first-order valence-electron chi connectivity index (χ1n) is 11.9. The van der Waals surface area contributed by atoms with Gasteiger partial charge in [-0.25, -0.2) is 9.78 Å². The molecule has 2 atom stereocenters. The Labute approximate surface area is 209 Å². The highest BCUT2D eigenvalue weighted by Gasteiger charge is 2.39. The summed E-state index contributed by atoms with van der Waals surface area (Å²) >= 11 is 0. The highest BCUT2D eigenvalue weighted by molar-refractivity contribution is 5.98. The van der Waals surface area contributed by atoms with Crippen LogP contribution >= 0.6 is 0 Å². The molecule has 0 aliphatic heterocycles. The standard InChI is InChI=1S/C25H31N7O4/c1-25(2,3)32(24(34)35)19-7-5-4-6-18(19)30-23-27-14-17(21(26)33)22(31-23)29-16-10-8-15(9-11-16)20-12-13-28-36-20/h8-14,18-19H,4-7H2,1-3H3,(H2,26,33)(H,34,35)(H2,27,29,30,31)/t18-,19+/m1/s1. The average Bonchev–Trinajstić information content (AvgIpc) is 3.35. The normalized spacial score (nSPS) is 17.9. The van der Waals surface area contributed by atoms with Crippen molar-refractivity contribution in [2.24, 2.45) is 5.73 Å². The number of carbonyl (C=O) groups excluding carboxylic acids is 1. The van der Waals surface area contributed by atoms with Crippen molar-refractivity contribution in [2.75, 3.05) is 10.6 Å². The van der Waals surface area contributed by atoms with Crippen molar-refractivity contribution in [3.63, 3.8) is 0 Å². The van der Waals surface area contributed by atoms with E-state index >= 15 is 0 Å². The van der Waals surface area contributed by atoms with Gasteiger partial charge in [0.1, 0.15) is 11.4 Å². The molecule has 0 spiro atoms. The van der Waals surface area contributed by atoms with Crippen LogP contribution in [0.25, 0.3) is 11.3 Å². The van der Waals surface area contributed by atoms with Crippen molar-refractivity contribution >= 4 is 29.5 Å². The van der Waals surface area contributed by atoms with E-state index in [0.29, 0.717) is 11.4 Å². The fourth-order valence-electron chi connectivity index (χ4n) is 4.63. The van der Waals surface area contributed by atoms with Crippen LogP contribution in [-0.2, 0) is 0 Å². The maximum absolute atomic E-state index is 12.1. The van der Waals surface area contributed by atoms with Gasteiger partial charge in [0.25, 0.3) is 5.91 Å². The summed E-state index contributed by atoms with van der Waals surface area (Å²) in [5.41, 5.74) is 6.68. The van der Waals surface area contributed by atoms with Crippen molar-refractivity contribution in [2.45, 2.75) is 64.1 Å². The molecule has 1 aliphatic carbocycles. The summed E-state index contributed by atoms with van der Waals surface area (Å²) in [6, 6.07) is 8.70. The number of hydrogen-bond donors (Lipinski definition) is 4. The van der Waals surface area contributed by atoms with Crippen LogP contribution in [0, 0.1) is 0 Å². The molecule has 11 nitrogen and oxygen atoms in total. The Hall–Kier alpha value is -4.15. The van der Waals surface area contributed by atoms with Crippen molar-refractivity contribution in [1.29, 1.82) is 0 Å².